The van der Waals surface area contributed by atoms with Crippen LogP contribution >= 0.6 is 0 Å². The van der Waals surface area contributed by atoms with E-state index in [2.05, 4.69) is 56.1 Å². The Morgan fingerprint density at radius 1 is 1.11 bits per heavy atom. The molecule has 0 saturated carbocycles. The lowest BCUT2D eigenvalue weighted by Crippen LogP contribution is -1.95. The van der Waals surface area contributed by atoms with Crippen LogP contribution in [0.2, 0.25) is 0 Å². The van der Waals surface area contributed by atoms with Crippen LogP contribution in [0.3, 0.4) is 0 Å². The summed E-state index contributed by atoms with van der Waals surface area (Å²) in [7, 11) is 0. The molecule has 0 radical (unpaired) electrons. The molecule has 1 aliphatic rings. The van der Waals surface area contributed by atoms with Crippen LogP contribution in [0.25, 0.3) is 17.3 Å². The number of pyridine rings is 1. The summed E-state index contributed by atoms with van der Waals surface area (Å²) < 4.78 is 0. The smallest absolute Gasteiger partial charge is 0.0708 e. The van der Waals surface area contributed by atoms with E-state index in [4.69, 9.17) is 0 Å². The molecule has 1 nitrogen and oxygen atoms in total. The molecule has 1 heterocycles. The minimum absolute atomic E-state index is 0.614. The molecule has 1 aliphatic carbocycles. The minimum atomic E-state index is 0.614. The molecule has 1 heteroatoms. The van der Waals surface area contributed by atoms with Crippen LogP contribution in [0.15, 0.2) is 42.1 Å². The second-order valence-electron chi connectivity index (χ2n) is 5.59. The van der Waals surface area contributed by atoms with Gasteiger partial charge in [-0.15, -0.1) is 0 Å². The van der Waals surface area contributed by atoms with Gasteiger partial charge < -0.3 is 0 Å². The van der Waals surface area contributed by atoms with Gasteiger partial charge in [0.05, 0.1) is 5.69 Å². The van der Waals surface area contributed by atoms with Crippen molar-refractivity contribution in [3.8, 4) is 11.3 Å². The predicted molar refractivity (Wildman–Crippen MR) is 80.9 cm³/mol. The zero-order valence-electron chi connectivity index (χ0n) is 11.8. The first-order valence-electron chi connectivity index (χ1n) is 6.91. The van der Waals surface area contributed by atoms with Crippen molar-refractivity contribution in [2.24, 2.45) is 5.92 Å². The standard InChI is InChI=1S/C18H19N/c1-12(2)14-10-16-13(3)7-8-15(17(16)11-14)18-6-4-5-9-19-18/h4-9,11-12H,10H2,1-3H3. The van der Waals surface area contributed by atoms with E-state index in [1.165, 1.54) is 27.8 Å². The Hall–Kier alpha value is -1.89. The third-order valence-electron chi connectivity index (χ3n) is 3.98. The molecule has 0 unspecified atom stereocenters. The number of aromatic nitrogens is 1. The van der Waals surface area contributed by atoms with Crippen molar-refractivity contribution in [1.82, 2.24) is 4.98 Å². The molecule has 96 valence electrons. The molecular weight excluding hydrogens is 230 g/mol. The number of nitrogens with zero attached hydrogens (tertiary/aromatic N) is 1. The van der Waals surface area contributed by atoms with Crippen molar-refractivity contribution in [2.75, 3.05) is 0 Å². The summed E-state index contributed by atoms with van der Waals surface area (Å²) in [4.78, 5) is 4.50. The molecule has 0 amide bonds. The number of rotatable bonds is 2. The highest BCUT2D eigenvalue weighted by Crippen LogP contribution is 2.37. The third kappa shape index (κ3) is 2.10. The molecule has 0 bridgehead atoms. The number of allylic oxidation sites excluding steroid dienone is 1. The normalized spacial score (nSPS) is 13.6. The Balaban J connectivity index is 2.17. The number of hydrogen-bond donors (Lipinski definition) is 0. The maximum atomic E-state index is 4.50. The van der Waals surface area contributed by atoms with Gasteiger partial charge in [0.25, 0.3) is 0 Å². The van der Waals surface area contributed by atoms with E-state index in [9.17, 15) is 0 Å². The Morgan fingerprint density at radius 3 is 2.63 bits per heavy atom. The highest BCUT2D eigenvalue weighted by molar-refractivity contribution is 5.80. The summed E-state index contributed by atoms with van der Waals surface area (Å²) in [6, 6.07) is 10.5. The SMILES string of the molecule is Cc1ccc(-c2ccccn2)c2c1CC(C(C)C)=C2. The van der Waals surface area contributed by atoms with Gasteiger partial charge in [-0.25, -0.2) is 0 Å². The summed E-state index contributed by atoms with van der Waals surface area (Å²) >= 11 is 0. The van der Waals surface area contributed by atoms with Crippen LogP contribution in [-0.2, 0) is 6.42 Å². The highest BCUT2D eigenvalue weighted by atomic mass is 14.7. The average molecular weight is 249 g/mol. The van der Waals surface area contributed by atoms with Gasteiger partial charge in [-0.3, -0.25) is 4.98 Å². The van der Waals surface area contributed by atoms with Gasteiger partial charge in [0.15, 0.2) is 0 Å². The second-order valence-corrected chi connectivity index (χ2v) is 5.59. The van der Waals surface area contributed by atoms with Gasteiger partial charge >= 0.3 is 0 Å². The van der Waals surface area contributed by atoms with E-state index in [-0.39, 0.29) is 0 Å². The van der Waals surface area contributed by atoms with Gasteiger partial charge in [0, 0.05) is 11.8 Å². The Morgan fingerprint density at radius 2 is 1.95 bits per heavy atom. The highest BCUT2D eigenvalue weighted by Gasteiger charge is 2.20. The largest absolute Gasteiger partial charge is 0.256 e. The molecule has 3 rings (SSSR count). The van der Waals surface area contributed by atoms with Crippen LogP contribution in [0.4, 0.5) is 0 Å². The number of benzene rings is 1. The van der Waals surface area contributed by atoms with Crippen molar-refractivity contribution in [3.05, 3.63) is 58.8 Å². The summed E-state index contributed by atoms with van der Waals surface area (Å²) in [6.45, 7) is 6.75. The molecule has 1 aromatic heterocycles. The first-order chi connectivity index (χ1) is 9.16. The first-order valence-corrected chi connectivity index (χ1v) is 6.91. The molecule has 0 spiro atoms. The Labute approximate surface area is 115 Å². The van der Waals surface area contributed by atoms with E-state index in [1.807, 2.05) is 12.3 Å². The lowest BCUT2D eigenvalue weighted by molar-refractivity contribution is 0.754. The Kier molecular flexibility index (Phi) is 2.98. The maximum absolute atomic E-state index is 4.50. The second kappa shape index (κ2) is 4.65. The summed E-state index contributed by atoms with van der Waals surface area (Å²) in [6.07, 6.45) is 5.33. The lowest BCUT2D eigenvalue weighted by Gasteiger charge is -2.10. The van der Waals surface area contributed by atoms with Crippen molar-refractivity contribution in [1.29, 1.82) is 0 Å². The van der Waals surface area contributed by atoms with Gasteiger partial charge in [-0.2, -0.15) is 0 Å². The van der Waals surface area contributed by atoms with E-state index in [0.717, 1.165) is 12.1 Å². The van der Waals surface area contributed by atoms with Gasteiger partial charge in [-0.1, -0.05) is 43.7 Å². The zero-order valence-corrected chi connectivity index (χ0v) is 11.8. The van der Waals surface area contributed by atoms with Crippen molar-refractivity contribution >= 4 is 6.08 Å². The minimum Gasteiger partial charge on any atom is -0.256 e. The quantitative estimate of drug-likeness (QED) is 0.754. The Bertz CT molecular complexity index is 636. The van der Waals surface area contributed by atoms with Gasteiger partial charge in [-0.05, 0) is 48.1 Å². The molecule has 2 aromatic rings. The molecule has 0 aliphatic heterocycles. The van der Waals surface area contributed by atoms with E-state index in [0.29, 0.717) is 5.92 Å². The summed E-state index contributed by atoms with van der Waals surface area (Å²) in [5.74, 6) is 0.614. The van der Waals surface area contributed by atoms with Crippen molar-refractivity contribution in [3.63, 3.8) is 0 Å². The van der Waals surface area contributed by atoms with Crippen molar-refractivity contribution < 1.29 is 0 Å². The maximum Gasteiger partial charge on any atom is 0.0708 e. The summed E-state index contributed by atoms with van der Waals surface area (Å²) in [5.41, 5.74) is 8.11. The zero-order chi connectivity index (χ0) is 13.4. The summed E-state index contributed by atoms with van der Waals surface area (Å²) in [5, 5.41) is 0. The molecule has 0 fully saturated rings. The van der Waals surface area contributed by atoms with Crippen LogP contribution < -0.4 is 0 Å². The van der Waals surface area contributed by atoms with Crippen LogP contribution in [-0.4, -0.2) is 4.98 Å². The molecular formula is C18H19N. The number of hydrogen-bond acceptors (Lipinski definition) is 1. The van der Waals surface area contributed by atoms with E-state index < -0.39 is 0 Å². The monoisotopic (exact) mass is 249 g/mol. The van der Waals surface area contributed by atoms with Gasteiger partial charge in [0.1, 0.15) is 0 Å². The number of fused-ring (bicyclic) bond motifs is 1. The molecule has 1 aromatic carbocycles. The fraction of sp³-hybridized carbons (Fsp3) is 0.278. The lowest BCUT2D eigenvalue weighted by atomic mass is 9.96. The predicted octanol–water partition coefficient (Wildman–Crippen LogP) is 4.65. The van der Waals surface area contributed by atoms with E-state index in [1.54, 1.807) is 0 Å². The average Bonchev–Trinajstić information content (AvgIpc) is 2.86. The fourth-order valence-corrected chi connectivity index (χ4v) is 2.73. The molecule has 0 saturated heterocycles. The first kappa shape index (κ1) is 12.2. The fourth-order valence-electron chi connectivity index (χ4n) is 2.73. The van der Waals surface area contributed by atoms with Crippen LogP contribution in [0, 0.1) is 12.8 Å². The topological polar surface area (TPSA) is 12.9 Å². The van der Waals surface area contributed by atoms with Crippen LogP contribution in [0.1, 0.15) is 30.5 Å². The molecule has 0 atom stereocenters. The van der Waals surface area contributed by atoms with Gasteiger partial charge in [0.2, 0.25) is 0 Å². The van der Waals surface area contributed by atoms with Crippen molar-refractivity contribution in [2.45, 2.75) is 27.2 Å². The number of aryl methyl sites for hydroxylation is 1. The third-order valence-corrected chi connectivity index (χ3v) is 3.98. The molecule has 19 heavy (non-hydrogen) atoms. The molecule has 0 N–H and O–H groups in total. The van der Waals surface area contributed by atoms with Crippen LogP contribution in [0.5, 0.6) is 0 Å². The van der Waals surface area contributed by atoms with E-state index >= 15 is 0 Å².